The molecule has 0 aliphatic heterocycles. The number of alkyl halides is 1. The summed E-state index contributed by atoms with van der Waals surface area (Å²) < 4.78 is 12.1. The van der Waals surface area contributed by atoms with Gasteiger partial charge in [0.15, 0.2) is 6.04 Å². The number of aliphatic carboxylic acids is 1. The Hall–Kier alpha value is -1.10. The summed E-state index contributed by atoms with van der Waals surface area (Å²) in [6, 6.07) is 0.565. The number of thiophene rings is 1. The zero-order valence-corrected chi connectivity index (χ0v) is 6.97. The van der Waals surface area contributed by atoms with Gasteiger partial charge in [-0.3, -0.25) is 0 Å². The van der Waals surface area contributed by atoms with Crippen molar-refractivity contribution in [3.8, 4) is 0 Å². The van der Waals surface area contributed by atoms with Gasteiger partial charge in [-0.15, -0.1) is 0 Å². The molecule has 0 bridgehead atoms. The topological polar surface area (TPSA) is 49.3 Å². The second-order valence-electron chi connectivity index (χ2n) is 2.20. The van der Waals surface area contributed by atoms with Gasteiger partial charge in [0.1, 0.15) is 6.67 Å². The number of hydrogen-bond donors (Lipinski definition) is 2. The van der Waals surface area contributed by atoms with Crippen molar-refractivity contribution >= 4 is 23.0 Å². The summed E-state index contributed by atoms with van der Waals surface area (Å²) in [6.07, 6.45) is 0. The molecule has 5 heteroatoms. The van der Waals surface area contributed by atoms with Crippen LogP contribution in [0, 0.1) is 0 Å². The van der Waals surface area contributed by atoms with E-state index in [9.17, 15) is 9.18 Å². The number of anilines is 1. The van der Waals surface area contributed by atoms with Crippen LogP contribution < -0.4 is 5.32 Å². The summed E-state index contributed by atoms with van der Waals surface area (Å²) in [6.45, 7) is -0.912. The van der Waals surface area contributed by atoms with Crippen LogP contribution in [-0.2, 0) is 4.79 Å². The first-order valence-electron chi connectivity index (χ1n) is 3.31. The van der Waals surface area contributed by atoms with Crippen LogP contribution >= 0.6 is 11.3 Å². The predicted octanol–water partition coefficient (Wildman–Crippen LogP) is 1.58. The summed E-state index contributed by atoms with van der Waals surface area (Å²) in [5.74, 6) is -1.18. The summed E-state index contributed by atoms with van der Waals surface area (Å²) in [7, 11) is 0. The lowest BCUT2D eigenvalue weighted by atomic mass is 10.3. The van der Waals surface area contributed by atoms with Crippen molar-refractivity contribution in [2.45, 2.75) is 6.04 Å². The minimum atomic E-state index is -1.18. The van der Waals surface area contributed by atoms with Gasteiger partial charge in [0, 0.05) is 11.1 Å². The molecule has 0 aromatic carbocycles. The number of nitrogens with one attached hydrogen (secondary N) is 1. The van der Waals surface area contributed by atoms with E-state index in [-0.39, 0.29) is 0 Å². The number of hydrogen-bond acceptors (Lipinski definition) is 3. The van der Waals surface area contributed by atoms with E-state index in [0.717, 1.165) is 0 Å². The molecule has 0 unspecified atom stereocenters. The lowest BCUT2D eigenvalue weighted by Gasteiger charge is -2.09. The molecular weight excluding hydrogens is 181 g/mol. The highest BCUT2D eigenvalue weighted by Gasteiger charge is 2.16. The molecular formula is C7H8FNO2S. The molecule has 0 aliphatic carbocycles. The fourth-order valence-electron chi connectivity index (χ4n) is 0.714. The van der Waals surface area contributed by atoms with Crippen LogP contribution in [-0.4, -0.2) is 23.8 Å². The molecule has 66 valence electrons. The smallest absolute Gasteiger partial charge is 0.328 e. The van der Waals surface area contributed by atoms with E-state index >= 15 is 0 Å². The van der Waals surface area contributed by atoms with Gasteiger partial charge < -0.3 is 10.4 Å². The molecule has 1 aromatic rings. The van der Waals surface area contributed by atoms with Gasteiger partial charge in [0.2, 0.25) is 0 Å². The van der Waals surface area contributed by atoms with Crippen LogP contribution in [0.5, 0.6) is 0 Å². The number of halogens is 1. The Morgan fingerprint density at radius 1 is 1.83 bits per heavy atom. The van der Waals surface area contributed by atoms with Gasteiger partial charge >= 0.3 is 5.97 Å². The minimum Gasteiger partial charge on any atom is -0.480 e. The number of carbonyl (C=O) groups is 1. The molecule has 1 aromatic heterocycles. The highest BCUT2D eigenvalue weighted by atomic mass is 32.1. The fourth-order valence-corrected chi connectivity index (χ4v) is 1.31. The van der Waals surface area contributed by atoms with Crippen molar-refractivity contribution < 1.29 is 14.3 Å². The second kappa shape index (κ2) is 4.06. The van der Waals surface area contributed by atoms with Crippen molar-refractivity contribution in [1.29, 1.82) is 0 Å². The molecule has 0 amide bonds. The molecule has 0 saturated heterocycles. The number of carboxylic acids is 1. The molecule has 0 fully saturated rings. The second-order valence-corrected chi connectivity index (χ2v) is 2.98. The van der Waals surface area contributed by atoms with Crippen LogP contribution in [0.2, 0.25) is 0 Å². The Morgan fingerprint density at radius 3 is 3.00 bits per heavy atom. The lowest BCUT2D eigenvalue weighted by Crippen LogP contribution is -2.30. The van der Waals surface area contributed by atoms with Crippen molar-refractivity contribution in [1.82, 2.24) is 0 Å². The molecule has 0 spiro atoms. The Bertz CT molecular complexity index is 250. The third kappa shape index (κ3) is 2.20. The quantitative estimate of drug-likeness (QED) is 0.756. The largest absolute Gasteiger partial charge is 0.480 e. The zero-order valence-electron chi connectivity index (χ0n) is 6.16. The monoisotopic (exact) mass is 189 g/mol. The van der Waals surface area contributed by atoms with Crippen molar-refractivity contribution in [3.05, 3.63) is 16.8 Å². The van der Waals surface area contributed by atoms with Gasteiger partial charge in [-0.2, -0.15) is 11.3 Å². The minimum absolute atomic E-state index is 0.644. The molecule has 1 heterocycles. The summed E-state index contributed by atoms with van der Waals surface area (Å²) in [4.78, 5) is 10.4. The van der Waals surface area contributed by atoms with E-state index < -0.39 is 18.7 Å². The zero-order chi connectivity index (χ0) is 8.97. The highest BCUT2D eigenvalue weighted by Crippen LogP contribution is 2.13. The normalized spacial score (nSPS) is 12.4. The van der Waals surface area contributed by atoms with Crippen LogP contribution in [0.25, 0.3) is 0 Å². The summed E-state index contributed by atoms with van der Waals surface area (Å²) >= 11 is 1.43. The average molecular weight is 189 g/mol. The molecule has 1 atom stereocenters. The van der Waals surface area contributed by atoms with Gasteiger partial charge in [-0.1, -0.05) is 0 Å². The van der Waals surface area contributed by atoms with Crippen molar-refractivity contribution in [3.63, 3.8) is 0 Å². The third-order valence-electron chi connectivity index (χ3n) is 1.31. The Balaban J connectivity index is 2.54. The van der Waals surface area contributed by atoms with Crippen LogP contribution in [0.4, 0.5) is 10.1 Å². The highest BCUT2D eigenvalue weighted by molar-refractivity contribution is 7.08. The molecule has 12 heavy (non-hydrogen) atoms. The Kier molecular flexibility index (Phi) is 3.04. The van der Waals surface area contributed by atoms with Crippen LogP contribution in [0.1, 0.15) is 0 Å². The van der Waals surface area contributed by atoms with E-state index in [4.69, 9.17) is 5.11 Å². The summed E-state index contributed by atoms with van der Waals surface area (Å²) in [5, 5.41) is 14.5. The first-order valence-corrected chi connectivity index (χ1v) is 4.26. The van der Waals surface area contributed by atoms with Crippen LogP contribution in [0.15, 0.2) is 16.8 Å². The van der Waals surface area contributed by atoms with Gasteiger partial charge in [-0.05, 0) is 11.4 Å². The molecule has 0 saturated carbocycles. The number of rotatable bonds is 4. The van der Waals surface area contributed by atoms with Crippen LogP contribution in [0.3, 0.4) is 0 Å². The number of carboxylic acid groups (broad SMARTS) is 1. The molecule has 0 aliphatic rings. The maximum Gasteiger partial charge on any atom is 0.328 e. The Labute approximate surface area is 72.8 Å². The SMILES string of the molecule is O=C(O)[C@H](CF)Nc1ccsc1. The predicted molar refractivity (Wildman–Crippen MR) is 45.3 cm³/mol. The first kappa shape index (κ1) is 8.99. The fraction of sp³-hybridized carbons (Fsp3) is 0.286. The van der Waals surface area contributed by atoms with Gasteiger partial charge in [0.25, 0.3) is 0 Å². The van der Waals surface area contributed by atoms with E-state index in [1.807, 2.05) is 0 Å². The first-order chi connectivity index (χ1) is 5.74. The summed E-state index contributed by atoms with van der Waals surface area (Å²) in [5.41, 5.74) is 0.644. The molecule has 0 radical (unpaired) electrons. The molecule has 2 N–H and O–H groups in total. The standard InChI is InChI=1S/C7H8FNO2S/c8-3-6(7(10)11)9-5-1-2-12-4-5/h1-2,4,6,9H,3H2,(H,10,11)/t6-/m0/s1. The lowest BCUT2D eigenvalue weighted by molar-refractivity contribution is -0.138. The molecule has 1 rings (SSSR count). The van der Waals surface area contributed by atoms with E-state index in [1.54, 1.807) is 16.8 Å². The Morgan fingerprint density at radius 2 is 2.58 bits per heavy atom. The van der Waals surface area contributed by atoms with E-state index in [0.29, 0.717) is 5.69 Å². The molecule has 3 nitrogen and oxygen atoms in total. The van der Waals surface area contributed by atoms with Gasteiger partial charge in [-0.25, -0.2) is 9.18 Å². The average Bonchev–Trinajstić information content (AvgIpc) is 2.51. The maximum absolute atomic E-state index is 12.1. The van der Waals surface area contributed by atoms with Crippen molar-refractivity contribution in [2.75, 3.05) is 12.0 Å². The van der Waals surface area contributed by atoms with Crippen molar-refractivity contribution in [2.24, 2.45) is 0 Å². The maximum atomic E-state index is 12.1. The van der Waals surface area contributed by atoms with E-state index in [1.165, 1.54) is 11.3 Å². The third-order valence-corrected chi connectivity index (χ3v) is 2.00. The van der Waals surface area contributed by atoms with Gasteiger partial charge in [0.05, 0.1) is 0 Å². The van der Waals surface area contributed by atoms with E-state index in [2.05, 4.69) is 5.32 Å².